The number of nitrogens with zero attached hydrogens (tertiary/aromatic N) is 3. The van der Waals surface area contributed by atoms with Crippen LogP contribution in [-0.2, 0) is 0 Å². The normalized spacial score (nSPS) is 22.2. The van der Waals surface area contributed by atoms with Gasteiger partial charge in [-0.05, 0) is 48.9 Å². The van der Waals surface area contributed by atoms with Gasteiger partial charge in [0.15, 0.2) is 0 Å². The van der Waals surface area contributed by atoms with Gasteiger partial charge >= 0.3 is 0 Å². The molecule has 0 fully saturated rings. The standard InChI is InChI=1S/C18H28BrN3O3/c1-5-6-21(4)10-16-12(2)9-22(13(3)11-23)18(24)15-7-14(19)8-20-17(15)25-16/h7-8,12-13,16,23H,5-6,9-11H2,1-4H3/t12-,13-,16-/m0/s1. The van der Waals surface area contributed by atoms with Crippen molar-refractivity contribution in [3.63, 3.8) is 0 Å². The number of hydrogen-bond acceptors (Lipinski definition) is 5. The zero-order valence-corrected chi connectivity index (χ0v) is 17.0. The van der Waals surface area contributed by atoms with E-state index in [4.69, 9.17) is 4.74 Å². The fourth-order valence-corrected chi connectivity index (χ4v) is 3.41. The van der Waals surface area contributed by atoms with Crippen LogP contribution in [0, 0.1) is 5.92 Å². The van der Waals surface area contributed by atoms with E-state index in [0.29, 0.717) is 18.0 Å². The number of rotatable bonds is 6. The van der Waals surface area contributed by atoms with Crippen molar-refractivity contribution in [1.29, 1.82) is 0 Å². The van der Waals surface area contributed by atoms with Gasteiger partial charge in [0.25, 0.3) is 5.91 Å². The highest BCUT2D eigenvalue weighted by Gasteiger charge is 2.34. The molecule has 0 saturated heterocycles. The maximum absolute atomic E-state index is 13.0. The van der Waals surface area contributed by atoms with Crippen molar-refractivity contribution in [1.82, 2.24) is 14.8 Å². The Balaban J connectivity index is 2.38. The SMILES string of the molecule is CCCN(C)C[C@@H]1Oc2ncc(Br)cc2C(=O)N([C@@H](C)CO)C[C@@H]1C. The molecule has 1 N–H and O–H groups in total. The van der Waals surface area contributed by atoms with Crippen LogP contribution >= 0.6 is 15.9 Å². The molecular weight excluding hydrogens is 386 g/mol. The lowest BCUT2D eigenvalue weighted by molar-refractivity contribution is 0.0331. The number of carbonyl (C=O) groups excluding carboxylic acids is 1. The highest BCUT2D eigenvalue weighted by molar-refractivity contribution is 9.10. The van der Waals surface area contributed by atoms with Gasteiger partial charge in [-0.3, -0.25) is 4.79 Å². The molecule has 2 rings (SSSR count). The molecule has 6 nitrogen and oxygen atoms in total. The van der Waals surface area contributed by atoms with E-state index >= 15 is 0 Å². The number of halogens is 1. The number of likely N-dealkylation sites (N-methyl/N-ethyl adjacent to an activating group) is 1. The molecule has 2 heterocycles. The molecule has 7 heteroatoms. The molecule has 0 spiro atoms. The van der Waals surface area contributed by atoms with Crippen molar-refractivity contribution in [2.45, 2.75) is 39.3 Å². The zero-order valence-electron chi connectivity index (χ0n) is 15.4. The molecule has 0 radical (unpaired) electrons. The van der Waals surface area contributed by atoms with Crippen molar-refractivity contribution < 1.29 is 14.6 Å². The monoisotopic (exact) mass is 413 g/mol. The molecular formula is C18H28BrN3O3. The number of aliphatic hydroxyl groups is 1. The van der Waals surface area contributed by atoms with E-state index in [0.717, 1.165) is 24.0 Å². The first-order valence-electron chi connectivity index (χ1n) is 8.79. The molecule has 1 aromatic rings. The quantitative estimate of drug-likeness (QED) is 0.775. The highest BCUT2D eigenvalue weighted by Crippen LogP contribution is 2.28. The number of aliphatic hydroxyl groups excluding tert-OH is 1. The molecule has 0 unspecified atom stereocenters. The molecule has 1 aromatic heterocycles. The second-order valence-corrected chi connectivity index (χ2v) is 7.81. The third-order valence-electron chi connectivity index (χ3n) is 4.58. The zero-order chi connectivity index (χ0) is 18.6. The van der Waals surface area contributed by atoms with Crippen LogP contribution in [0.4, 0.5) is 0 Å². The van der Waals surface area contributed by atoms with Crippen LogP contribution in [0.15, 0.2) is 16.7 Å². The average molecular weight is 414 g/mol. The van der Waals surface area contributed by atoms with Crippen LogP contribution in [-0.4, -0.2) is 71.2 Å². The number of aromatic nitrogens is 1. The molecule has 3 atom stereocenters. The summed E-state index contributed by atoms with van der Waals surface area (Å²) in [5.74, 6) is 0.332. The van der Waals surface area contributed by atoms with Gasteiger partial charge in [-0.25, -0.2) is 4.98 Å². The van der Waals surface area contributed by atoms with E-state index < -0.39 is 0 Å². The first-order valence-corrected chi connectivity index (χ1v) is 9.59. The van der Waals surface area contributed by atoms with Crippen LogP contribution < -0.4 is 4.74 Å². The molecule has 0 aliphatic carbocycles. The van der Waals surface area contributed by atoms with Crippen molar-refractivity contribution in [2.24, 2.45) is 5.92 Å². The first kappa shape index (κ1) is 20.1. The first-order chi connectivity index (χ1) is 11.9. The molecule has 0 aromatic carbocycles. The van der Waals surface area contributed by atoms with Gasteiger partial charge in [0, 0.05) is 29.7 Å². The lowest BCUT2D eigenvalue weighted by atomic mass is 10.00. The van der Waals surface area contributed by atoms with Crippen LogP contribution in [0.3, 0.4) is 0 Å². The molecule has 0 saturated carbocycles. The van der Waals surface area contributed by atoms with Gasteiger partial charge in [0.05, 0.1) is 12.6 Å². The fraction of sp³-hybridized carbons (Fsp3) is 0.667. The van der Waals surface area contributed by atoms with Crippen molar-refractivity contribution in [2.75, 3.05) is 33.3 Å². The maximum atomic E-state index is 13.0. The van der Waals surface area contributed by atoms with Crippen molar-refractivity contribution >= 4 is 21.8 Å². The highest BCUT2D eigenvalue weighted by atomic mass is 79.9. The van der Waals surface area contributed by atoms with Crippen molar-refractivity contribution in [3.8, 4) is 5.88 Å². The fourth-order valence-electron chi connectivity index (χ4n) is 3.07. The van der Waals surface area contributed by atoms with Gasteiger partial charge in [-0.15, -0.1) is 0 Å². The lowest BCUT2D eigenvalue weighted by Crippen LogP contribution is -2.50. The number of fused-ring (bicyclic) bond motifs is 1. The molecule has 1 amide bonds. The van der Waals surface area contributed by atoms with Gasteiger partial charge in [-0.1, -0.05) is 13.8 Å². The number of pyridine rings is 1. The van der Waals surface area contributed by atoms with E-state index in [9.17, 15) is 9.90 Å². The summed E-state index contributed by atoms with van der Waals surface area (Å²) >= 11 is 3.38. The average Bonchev–Trinajstić information content (AvgIpc) is 2.58. The summed E-state index contributed by atoms with van der Waals surface area (Å²) in [5, 5.41) is 9.58. The van der Waals surface area contributed by atoms with E-state index in [1.807, 2.05) is 6.92 Å². The van der Waals surface area contributed by atoms with Crippen LogP contribution in [0.5, 0.6) is 5.88 Å². The van der Waals surface area contributed by atoms with Gasteiger partial charge in [0.1, 0.15) is 11.7 Å². The summed E-state index contributed by atoms with van der Waals surface area (Å²) in [7, 11) is 2.08. The van der Waals surface area contributed by atoms with Crippen molar-refractivity contribution in [3.05, 3.63) is 22.3 Å². The Morgan fingerprint density at radius 3 is 2.92 bits per heavy atom. The molecule has 1 aliphatic heterocycles. The number of carbonyl (C=O) groups is 1. The smallest absolute Gasteiger partial charge is 0.259 e. The number of hydrogen-bond donors (Lipinski definition) is 1. The van der Waals surface area contributed by atoms with Gasteiger partial charge in [-0.2, -0.15) is 0 Å². The minimum absolute atomic E-state index is 0.0729. The topological polar surface area (TPSA) is 65.9 Å². The second-order valence-electron chi connectivity index (χ2n) is 6.89. The number of amides is 1. The Morgan fingerprint density at radius 2 is 2.28 bits per heavy atom. The van der Waals surface area contributed by atoms with E-state index in [2.05, 4.69) is 46.7 Å². The molecule has 140 valence electrons. The second kappa shape index (κ2) is 8.96. The van der Waals surface area contributed by atoms with Crippen LogP contribution in [0.2, 0.25) is 0 Å². The Kier molecular flexibility index (Phi) is 7.22. The molecule has 1 aliphatic rings. The molecule has 0 bridgehead atoms. The summed E-state index contributed by atoms with van der Waals surface area (Å²) in [6.07, 6.45) is 2.64. The third kappa shape index (κ3) is 4.92. The summed E-state index contributed by atoms with van der Waals surface area (Å²) in [4.78, 5) is 21.3. The van der Waals surface area contributed by atoms with Crippen LogP contribution in [0.25, 0.3) is 0 Å². The van der Waals surface area contributed by atoms with Gasteiger partial charge in [0.2, 0.25) is 5.88 Å². The summed E-state index contributed by atoms with van der Waals surface area (Å²) in [6, 6.07) is 1.48. The Morgan fingerprint density at radius 1 is 1.56 bits per heavy atom. The minimum atomic E-state index is -0.256. The van der Waals surface area contributed by atoms with E-state index in [-0.39, 0.29) is 30.6 Å². The predicted molar refractivity (Wildman–Crippen MR) is 101 cm³/mol. The predicted octanol–water partition coefficient (Wildman–Crippen LogP) is 2.41. The largest absolute Gasteiger partial charge is 0.472 e. The molecule has 25 heavy (non-hydrogen) atoms. The third-order valence-corrected chi connectivity index (χ3v) is 5.02. The van der Waals surface area contributed by atoms with Crippen LogP contribution in [0.1, 0.15) is 37.6 Å². The van der Waals surface area contributed by atoms with Gasteiger partial charge < -0.3 is 19.6 Å². The summed E-state index contributed by atoms with van der Waals surface area (Å²) < 4.78 is 6.90. The Bertz CT molecular complexity index is 599. The van der Waals surface area contributed by atoms with E-state index in [1.165, 1.54) is 0 Å². The Labute approximate surface area is 158 Å². The summed E-state index contributed by atoms with van der Waals surface area (Å²) in [6.45, 7) is 8.31. The Hall–Kier alpha value is -1.18. The minimum Gasteiger partial charge on any atom is -0.472 e. The maximum Gasteiger partial charge on any atom is 0.259 e. The van der Waals surface area contributed by atoms with E-state index in [1.54, 1.807) is 17.2 Å². The number of ether oxygens (including phenoxy) is 1. The summed E-state index contributed by atoms with van der Waals surface area (Å²) in [5.41, 5.74) is 0.435. The lowest BCUT2D eigenvalue weighted by Gasteiger charge is -2.37.